The molecule has 0 aliphatic carbocycles. The third-order valence-electron chi connectivity index (χ3n) is 2.00. The van der Waals surface area contributed by atoms with Crippen molar-refractivity contribution in [3.63, 3.8) is 0 Å². The maximum absolute atomic E-state index is 11.4. The number of carbonyl (C=O) groups excluding carboxylic acids is 1. The minimum atomic E-state index is -0.333. The fourth-order valence-corrected chi connectivity index (χ4v) is 2.47. The first-order valence-electron chi connectivity index (χ1n) is 4.45. The number of carbonyl (C=O) groups is 1. The molecule has 3 N–H and O–H groups in total. The van der Waals surface area contributed by atoms with Gasteiger partial charge in [-0.15, -0.1) is 0 Å². The SMILES string of the molecule is N=C1NC(=O)/C(=C/c2cc(Cl)c(O)c(Cl)c2)S1. The van der Waals surface area contributed by atoms with Gasteiger partial charge in [-0.05, 0) is 35.5 Å². The number of rotatable bonds is 1. The summed E-state index contributed by atoms with van der Waals surface area (Å²) < 4.78 is 0. The summed E-state index contributed by atoms with van der Waals surface area (Å²) in [4.78, 5) is 11.8. The molecule has 1 aromatic carbocycles. The zero-order chi connectivity index (χ0) is 12.6. The highest BCUT2D eigenvalue weighted by molar-refractivity contribution is 8.18. The number of phenolic OH excluding ortho intramolecular Hbond substituents is 1. The van der Waals surface area contributed by atoms with Gasteiger partial charge in [0.2, 0.25) is 0 Å². The number of nitrogens with one attached hydrogen (secondary N) is 2. The first-order valence-corrected chi connectivity index (χ1v) is 6.02. The Morgan fingerprint density at radius 3 is 2.41 bits per heavy atom. The second-order valence-corrected chi connectivity index (χ2v) is 5.09. The molecule has 0 spiro atoms. The topological polar surface area (TPSA) is 73.2 Å². The molecule has 0 radical (unpaired) electrons. The van der Waals surface area contributed by atoms with Crippen LogP contribution in [0.25, 0.3) is 6.08 Å². The summed E-state index contributed by atoms with van der Waals surface area (Å²) in [6, 6.07) is 2.98. The van der Waals surface area contributed by atoms with Crippen LogP contribution in [0.1, 0.15) is 5.56 Å². The van der Waals surface area contributed by atoms with Crippen LogP contribution >= 0.6 is 35.0 Å². The fraction of sp³-hybridized carbons (Fsp3) is 0. The van der Waals surface area contributed by atoms with Crippen LogP contribution in [0.5, 0.6) is 5.75 Å². The number of amides is 1. The minimum absolute atomic E-state index is 0.0808. The molecule has 4 nitrogen and oxygen atoms in total. The lowest BCUT2D eigenvalue weighted by atomic mass is 10.2. The lowest BCUT2D eigenvalue weighted by molar-refractivity contribution is -0.115. The lowest BCUT2D eigenvalue weighted by Gasteiger charge is -2.02. The first-order chi connectivity index (χ1) is 7.97. The number of aromatic hydroxyl groups is 1. The molecular weight excluding hydrogens is 283 g/mol. The van der Waals surface area contributed by atoms with Crippen molar-refractivity contribution in [1.82, 2.24) is 5.32 Å². The van der Waals surface area contributed by atoms with Gasteiger partial charge in [-0.2, -0.15) is 0 Å². The number of hydrogen-bond donors (Lipinski definition) is 3. The van der Waals surface area contributed by atoms with Crippen LogP contribution in [0.2, 0.25) is 10.0 Å². The van der Waals surface area contributed by atoms with Crippen LogP contribution in [0.3, 0.4) is 0 Å². The van der Waals surface area contributed by atoms with Crippen molar-refractivity contribution in [1.29, 1.82) is 5.41 Å². The maximum atomic E-state index is 11.4. The molecule has 7 heteroatoms. The Kier molecular flexibility index (Phi) is 3.33. The molecule has 1 heterocycles. The van der Waals surface area contributed by atoms with Crippen molar-refractivity contribution in [2.75, 3.05) is 0 Å². The summed E-state index contributed by atoms with van der Waals surface area (Å²) in [6.45, 7) is 0. The van der Waals surface area contributed by atoms with Crippen molar-refractivity contribution >= 4 is 52.1 Å². The molecule has 1 aliphatic rings. The average molecular weight is 289 g/mol. The number of hydrogen-bond acceptors (Lipinski definition) is 4. The van der Waals surface area contributed by atoms with Crippen molar-refractivity contribution in [2.45, 2.75) is 0 Å². The van der Waals surface area contributed by atoms with Crippen molar-refractivity contribution in [2.24, 2.45) is 0 Å². The summed E-state index contributed by atoms with van der Waals surface area (Å²) in [7, 11) is 0. The Balaban J connectivity index is 2.40. The van der Waals surface area contributed by atoms with Crippen LogP contribution in [0.4, 0.5) is 0 Å². The van der Waals surface area contributed by atoms with E-state index in [0.29, 0.717) is 10.5 Å². The van der Waals surface area contributed by atoms with Crippen molar-refractivity contribution in [3.8, 4) is 5.75 Å². The van der Waals surface area contributed by atoms with Crippen molar-refractivity contribution < 1.29 is 9.90 Å². The normalized spacial score (nSPS) is 17.6. The van der Waals surface area contributed by atoms with Gasteiger partial charge >= 0.3 is 0 Å². The van der Waals surface area contributed by atoms with E-state index in [1.54, 1.807) is 6.08 Å². The average Bonchev–Trinajstić information content (AvgIpc) is 2.54. The maximum Gasteiger partial charge on any atom is 0.264 e. The van der Waals surface area contributed by atoms with Gasteiger partial charge < -0.3 is 10.4 Å². The molecule has 1 aliphatic heterocycles. The molecule has 1 saturated heterocycles. The monoisotopic (exact) mass is 288 g/mol. The summed E-state index contributed by atoms with van der Waals surface area (Å²) >= 11 is 12.5. The standard InChI is InChI=1S/C10H6Cl2N2O2S/c11-5-1-4(2-6(12)8(5)15)3-7-9(16)14-10(13)17-7/h1-3,15H,(H2,13,14,16)/b7-3-. The summed E-state index contributed by atoms with van der Waals surface area (Å²) in [5.74, 6) is -0.521. The summed E-state index contributed by atoms with van der Waals surface area (Å²) in [6.07, 6.45) is 1.55. The zero-order valence-corrected chi connectivity index (χ0v) is 10.6. The second kappa shape index (κ2) is 4.60. The molecule has 0 bridgehead atoms. The molecule has 1 aromatic rings. The highest BCUT2D eigenvalue weighted by Gasteiger charge is 2.22. The second-order valence-electron chi connectivity index (χ2n) is 3.23. The van der Waals surface area contributed by atoms with E-state index in [2.05, 4.69) is 5.32 Å². The molecule has 88 valence electrons. The lowest BCUT2D eigenvalue weighted by Crippen LogP contribution is -2.18. The molecule has 0 saturated carbocycles. The highest BCUT2D eigenvalue weighted by Crippen LogP contribution is 2.34. The van der Waals surface area contributed by atoms with Crippen LogP contribution in [0, 0.1) is 5.41 Å². The minimum Gasteiger partial charge on any atom is -0.505 e. The van der Waals surface area contributed by atoms with Gasteiger partial charge in [0.25, 0.3) is 5.91 Å². The quantitative estimate of drug-likeness (QED) is 0.696. The third kappa shape index (κ3) is 2.57. The Morgan fingerprint density at radius 2 is 1.94 bits per heavy atom. The van der Waals surface area contributed by atoms with E-state index in [-0.39, 0.29) is 26.9 Å². The molecule has 1 fully saturated rings. The summed E-state index contributed by atoms with van der Waals surface area (Å²) in [5.41, 5.74) is 0.588. The van der Waals surface area contributed by atoms with E-state index < -0.39 is 0 Å². The predicted molar refractivity (Wildman–Crippen MR) is 69.6 cm³/mol. The summed E-state index contributed by atoms with van der Waals surface area (Å²) in [5, 5.41) is 19.3. The van der Waals surface area contributed by atoms with E-state index in [4.69, 9.17) is 28.6 Å². The van der Waals surface area contributed by atoms with Gasteiger partial charge in [0.15, 0.2) is 10.9 Å². The molecule has 0 atom stereocenters. The van der Waals surface area contributed by atoms with Crippen molar-refractivity contribution in [3.05, 3.63) is 32.6 Å². The predicted octanol–water partition coefficient (Wildman–Crippen LogP) is 2.84. The van der Waals surface area contributed by atoms with E-state index in [9.17, 15) is 9.90 Å². The van der Waals surface area contributed by atoms with Crippen LogP contribution < -0.4 is 5.32 Å². The Labute approximate surface area is 111 Å². The number of amidine groups is 1. The van der Waals surface area contributed by atoms with Crippen LogP contribution in [-0.4, -0.2) is 16.2 Å². The first kappa shape index (κ1) is 12.3. The Morgan fingerprint density at radius 1 is 1.35 bits per heavy atom. The fourth-order valence-electron chi connectivity index (χ4n) is 1.26. The molecule has 17 heavy (non-hydrogen) atoms. The van der Waals surface area contributed by atoms with Gasteiger partial charge in [0.1, 0.15) is 0 Å². The molecular formula is C10H6Cl2N2O2S. The number of benzene rings is 1. The zero-order valence-electron chi connectivity index (χ0n) is 8.25. The van der Waals surface area contributed by atoms with Crippen LogP contribution in [0.15, 0.2) is 17.0 Å². The van der Waals surface area contributed by atoms with Gasteiger partial charge in [-0.25, -0.2) is 0 Å². The van der Waals surface area contributed by atoms with E-state index >= 15 is 0 Å². The largest absolute Gasteiger partial charge is 0.505 e. The number of phenols is 1. The number of thioether (sulfide) groups is 1. The molecule has 0 unspecified atom stereocenters. The highest BCUT2D eigenvalue weighted by atomic mass is 35.5. The van der Waals surface area contributed by atoms with E-state index in [1.165, 1.54) is 12.1 Å². The number of halogens is 2. The Hall–Kier alpha value is -1.17. The van der Waals surface area contributed by atoms with E-state index in [1.807, 2.05) is 0 Å². The smallest absolute Gasteiger partial charge is 0.264 e. The van der Waals surface area contributed by atoms with Gasteiger partial charge in [-0.3, -0.25) is 10.2 Å². The molecule has 1 amide bonds. The van der Waals surface area contributed by atoms with Gasteiger partial charge in [-0.1, -0.05) is 23.2 Å². The Bertz CT molecular complexity index is 534. The van der Waals surface area contributed by atoms with Gasteiger partial charge in [0, 0.05) is 0 Å². The van der Waals surface area contributed by atoms with Gasteiger partial charge in [0.05, 0.1) is 15.0 Å². The third-order valence-corrected chi connectivity index (χ3v) is 3.41. The van der Waals surface area contributed by atoms with Crippen LogP contribution in [-0.2, 0) is 4.79 Å². The molecule has 0 aromatic heterocycles. The molecule has 2 rings (SSSR count). The van der Waals surface area contributed by atoms with E-state index in [0.717, 1.165) is 11.8 Å².